The van der Waals surface area contributed by atoms with Gasteiger partial charge in [0.15, 0.2) is 0 Å². The molecule has 25 heavy (non-hydrogen) atoms. The van der Waals surface area contributed by atoms with Gasteiger partial charge in [-0.3, -0.25) is 4.79 Å². The van der Waals surface area contributed by atoms with Crippen molar-refractivity contribution in [1.29, 1.82) is 0 Å². The molecule has 1 heterocycles. The molecular weight excluding hydrogens is 341 g/mol. The lowest BCUT2D eigenvalue weighted by Gasteiger charge is -2.08. The number of halogens is 2. The van der Waals surface area contributed by atoms with Gasteiger partial charge in [-0.1, -0.05) is 23.7 Å². The van der Waals surface area contributed by atoms with Crippen LogP contribution in [0.5, 0.6) is 0 Å². The number of carbonyl (C=O) groups is 1. The molecule has 0 aliphatic heterocycles. The van der Waals surface area contributed by atoms with Crippen LogP contribution >= 0.6 is 11.6 Å². The van der Waals surface area contributed by atoms with Gasteiger partial charge in [-0.25, -0.2) is 9.82 Å². The molecule has 1 N–H and O–H groups in total. The molecule has 0 aliphatic carbocycles. The van der Waals surface area contributed by atoms with E-state index in [1.165, 1.54) is 24.4 Å². The Balaban J connectivity index is 1.76. The predicted octanol–water partition coefficient (Wildman–Crippen LogP) is 4.34. The summed E-state index contributed by atoms with van der Waals surface area (Å²) in [7, 11) is 0. The number of nitrogens with one attached hydrogen (secondary N) is 1. The van der Waals surface area contributed by atoms with Gasteiger partial charge in [0, 0.05) is 22.5 Å². The molecule has 2 aromatic carbocycles. The second-order valence-electron chi connectivity index (χ2n) is 5.45. The first-order valence-corrected chi connectivity index (χ1v) is 7.95. The summed E-state index contributed by atoms with van der Waals surface area (Å²) in [6, 6.07) is 14.9. The van der Waals surface area contributed by atoms with Gasteiger partial charge >= 0.3 is 0 Å². The third kappa shape index (κ3) is 3.95. The minimum Gasteiger partial charge on any atom is -0.316 e. The van der Waals surface area contributed by atoms with E-state index in [0.717, 1.165) is 23.0 Å². The first-order valence-electron chi connectivity index (χ1n) is 7.57. The molecular formula is C19H15ClFN3O. The van der Waals surface area contributed by atoms with E-state index in [9.17, 15) is 9.18 Å². The van der Waals surface area contributed by atoms with Gasteiger partial charge in [0.2, 0.25) is 0 Å². The quantitative estimate of drug-likeness (QED) is 0.549. The van der Waals surface area contributed by atoms with Crippen LogP contribution in [0.15, 0.2) is 65.9 Å². The fourth-order valence-electron chi connectivity index (χ4n) is 2.32. The maximum absolute atomic E-state index is 13.1. The van der Waals surface area contributed by atoms with Crippen LogP contribution in [-0.2, 0) is 0 Å². The summed E-state index contributed by atoms with van der Waals surface area (Å²) in [6.45, 7) is 1.94. The molecule has 0 spiro atoms. The lowest BCUT2D eigenvalue weighted by Crippen LogP contribution is -2.18. The number of aryl methyl sites for hydroxylation is 1. The fraction of sp³-hybridized carbons (Fsp3) is 0.0526. The molecule has 0 saturated carbocycles. The Kier molecular flexibility index (Phi) is 4.95. The normalized spacial score (nSPS) is 11.0. The van der Waals surface area contributed by atoms with E-state index in [4.69, 9.17) is 11.6 Å². The topological polar surface area (TPSA) is 46.4 Å². The number of aromatic nitrogens is 1. The van der Waals surface area contributed by atoms with Crippen LogP contribution in [0.25, 0.3) is 5.69 Å². The number of hydrazone groups is 1. The minimum absolute atomic E-state index is 0.206. The molecule has 0 aliphatic rings. The number of benzene rings is 2. The van der Waals surface area contributed by atoms with Crippen molar-refractivity contribution in [3.63, 3.8) is 0 Å². The van der Waals surface area contributed by atoms with Crippen molar-refractivity contribution in [2.75, 3.05) is 0 Å². The Bertz CT molecular complexity index is 949. The molecule has 3 aromatic rings. The highest BCUT2D eigenvalue weighted by Gasteiger charge is 2.06. The Morgan fingerprint density at radius 3 is 2.80 bits per heavy atom. The van der Waals surface area contributed by atoms with Gasteiger partial charge < -0.3 is 4.57 Å². The highest BCUT2D eigenvalue weighted by atomic mass is 35.5. The molecule has 1 amide bonds. The number of nitrogens with zero attached hydrogens (tertiary/aromatic N) is 2. The van der Waals surface area contributed by atoms with Crippen LogP contribution < -0.4 is 5.43 Å². The first kappa shape index (κ1) is 16.9. The summed E-state index contributed by atoms with van der Waals surface area (Å²) in [5.41, 5.74) is 5.24. The third-order valence-corrected chi connectivity index (χ3v) is 4.07. The molecule has 0 radical (unpaired) electrons. The van der Waals surface area contributed by atoms with Crippen LogP contribution in [0.1, 0.15) is 21.6 Å². The van der Waals surface area contributed by atoms with Gasteiger partial charge in [0.1, 0.15) is 5.82 Å². The van der Waals surface area contributed by atoms with Gasteiger partial charge in [-0.15, -0.1) is 0 Å². The van der Waals surface area contributed by atoms with Crippen molar-refractivity contribution >= 4 is 23.7 Å². The summed E-state index contributed by atoms with van der Waals surface area (Å²) in [5, 5.41) is 4.62. The predicted molar refractivity (Wildman–Crippen MR) is 97.0 cm³/mol. The zero-order valence-corrected chi connectivity index (χ0v) is 14.2. The van der Waals surface area contributed by atoms with Crippen molar-refractivity contribution in [2.45, 2.75) is 6.92 Å². The van der Waals surface area contributed by atoms with Crippen molar-refractivity contribution in [3.05, 3.63) is 88.5 Å². The number of amides is 1. The van der Waals surface area contributed by atoms with Gasteiger partial charge in [0.05, 0.1) is 11.9 Å². The lowest BCUT2D eigenvalue weighted by atomic mass is 10.2. The molecule has 1 aromatic heterocycles. The number of rotatable bonds is 4. The molecule has 0 unspecified atom stereocenters. The maximum atomic E-state index is 13.1. The van der Waals surface area contributed by atoms with Crippen LogP contribution in [0.3, 0.4) is 0 Å². The second-order valence-corrected chi connectivity index (χ2v) is 5.85. The van der Waals surface area contributed by atoms with Gasteiger partial charge in [0.25, 0.3) is 5.91 Å². The molecule has 3 rings (SSSR count). The smallest absolute Gasteiger partial charge is 0.271 e. The Morgan fingerprint density at radius 2 is 2.04 bits per heavy atom. The number of carbonyl (C=O) groups excluding carboxylic acids is 1. The van der Waals surface area contributed by atoms with E-state index in [2.05, 4.69) is 10.5 Å². The third-order valence-electron chi connectivity index (χ3n) is 3.66. The minimum atomic E-state index is -0.479. The largest absolute Gasteiger partial charge is 0.316 e. The van der Waals surface area contributed by atoms with E-state index < -0.39 is 11.7 Å². The summed E-state index contributed by atoms with van der Waals surface area (Å²) < 4.78 is 15.0. The van der Waals surface area contributed by atoms with E-state index in [1.54, 1.807) is 0 Å². The molecule has 6 heteroatoms. The second kappa shape index (κ2) is 7.32. The van der Waals surface area contributed by atoms with E-state index >= 15 is 0 Å². The van der Waals surface area contributed by atoms with E-state index in [1.807, 2.05) is 48.0 Å². The number of hydrogen-bond donors (Lipinski definition) is 1. The average Bonchev–Trinajstić information content (AvgIpc) is 3.06. The van der Waals surface area contributed by atoms with Gasteiger partial charge in [-0.2, -0.15) is 5.10 Å². The van der Waals surface area contributed by atoms with Crippen molar-refractivity contribution < 1.29 is 9.18 Å². The highest BCUT2D eigenvalue weighted by Crippen LogP contribution is 2.20. The SMILES string of the molecule is Cc1ccc(-n2cccc2/C=N\NC(=O)c2cccc(F)c2)cc1Cl. The number of hydrogen-bond acceptors (Lipinski definition) is 2. The van der Waals surface area contributed by atoms with Crippen LogP contribution in [0.2, 0.25) is 5.02 Å². The molecule has 0 bridgehead atoms. The van der Waals surface area contributed by atoms with E-state index in [-0.39, 0.29) is 5.56 Å². The Hall–Kier alpha value is -2.92. The zero-order valence-electron chi connectivity index (χ0n) is 13.4. The van der Waals surface area contributed by atoms with Crippen LogP contribution in [-0.4, -0.2) is 16.7 Å². The Morgan fingerprint density at radius 1 is 1.20 bits per heavy atom. The summed E-state index contributed by atoms with van der Waals surface area (Å²) in [6.07, 6.45) is 3.39. The molecule has 4 nitrogen and oxygen atoms in total. The zero-order chi connectivity index (χ0) is 17.8. The summed E-state index contributed by atoms with van der Waals surface area (Å²) in [4.78, 5) is 11.9. The first-order chi connectivity index (χ1) is 12.0. The average molecular weight is 356 g/mol. The maximum Gasteiger partial charge on any atom is 0.271 e. The lowest BCUT2D eigenvalue weighted by molar-refractivity contribution is 0.0954. The fourth-order valence-corrected chi connectivity index (χ4v) is 2.49. The molecule has 126 valence electrons. The monoisotopic (exact) mass is 355 g/mol. The summed E-state index contributed by atoms with van der Waals surface area (Å²) in [5.74, 6) is -0.950. The van der Waals surface area contributed by atoms with Gasteiger partial charge in [-0.05, 0) is 55.0 Å². The van der Waals surface area contributed by atoms with Crippen molar-refractivity contribution in [1.82, 2.24) is 9.99 Å². The van der Waals surface area contributed by atoms with Crippen LogP contribution in [0, 0.1) is 12.7 Å². The summed E-state index contributed by atoms with van der Waals surface area (Å²) >= 11 is 6.17. The van der Waals surface area contributed by atoms with E-state index in [0.29, 0.717) is 5.02 Å². The molecule has 0 atom stereocenters. The molecule has 0 fully saturated rings. The van der Waals surface area contributed by atoms with Crippen molar-refractivity contribution in [2.24, 2.45) is 5.10 Å². The van der Waals surface area contributed by atoms with Crippen molar-refractivity contribution in [3.8, 4) is 5.69 Å². The molecule has 0 saturated heterocycles. The standard InChI is InChI=1S/C19H15ClFN3O/c1-13-7-8-16(11-18(13)20)24-9-3-6-17(24)12-22-23-19(25)14-4-2-5-15(21)10-14/h2-12H,1H3,(H,23,25)/b22-12-. The van der Waals surface area contributed by atoms with Crippen LogP contribution in [0.4, 0.5) is 4.39 Å². The Labute approximate surface area is 149 Å². The highest BCUT2D eigenvalue weighted by molar-refractivity contribution is 6.31.